The molecule has 1 heterocycles. The molecule has 1 aromatic rings. The minimum atomic E-state index is -0.643. The lowest BCUT2D eigenvalue weighted by atomic mass is 10.1. The summed E-state index contributed by atoms with van der Waals surface area (Å²) in [5.74, 6) is -1.08. The first kappa shape index (κ1) is 15.9. The van der Waals surface area contributed by atoms with Crippen LogP contribution >= 0.6 is 15.9 Å². The van der Waals surface area contributed by atoms with Gasteiger partial charge in [-0.25, -0.2) is 4.39 Å². The molecule has 0 spiro atoms. The number of likely N-dealkylation sites (tertiary alicyclic amines) is 1. The van der Waals surface area contributed by atoms with Crippen LogP contribution in [-0.4, -0.2) is 33.6 Å². The summed E-state index contributed by atoms with van der Waals surface area (Å²) in [4.78, 5) is 24.6. The lowest BCUT2D eigenvalue weighted by Crippen LogP contribution is -2.36. The Kier molecular flexibility index (Phi) is 5.27. The van der Waals surface area contributed by atoms with Crippen molar-refractivity contribution < 1.29 is 14.1 Å². The van der Waals surface area contributed by atoms with E-state index in [1.807, 2.05) is 0 Å². The van der Waals surface area contributed by atoms with Crippen LogP contribution in [-0.2, 0) is 0 Å². The molecule has 1 amide bonds. The Morgan fingerprint density at radius 3 is 2.95 bits per heavy atom. The largest absolute Gasteiger partial charge is 0.335 e. The highest BCUT2D eigenvalue weighted by molar-refractivity contribution is 9.09. The van der Waals surface area contributed by atoms with E-state index in [4.69, 9.17) is 0 Å². The van der Waals surface area contributed by atoms with Gasteiger partial charge in [0, 0.05) is 24.0 Å². The van der Waals surface area contributed by atoms with E-state index in [1.54, 1.807) is 4.90 Å². The van der Waals surface area contributed by atoms with Gasteiger partial charge in [0.15, 0.2) is 0 Å². The van der Waals surface area contributed by atoms with Gasteiger partial charge in [-0.05, 0) is 37.8 Å². The van der Waals surface area contributed by atoms with Crippen LogP contribution in [0.5, 0.6) is 0 Å². The van der Waals surface area contributed by atoms with Crippen LogP contribution in [0.1, 0.15) is 36.0 Å². The first-order chi connectivity index (χ1) is 10.0. The highest BCUT2D eigenvalue weighted by Crippen LogP contribution is 2.27. The maximum absolute atomic E-state index is 13.4. The van der Waals surface area contributed by atoms with Gasteiger partial charge in [-0.2, -0.15) is 0 Å². The number of nitro groups is 1. The Bertz CT molecular complexity index is 553. The molecule has 1 fully saturated rings. The topological polar surface area (TPSA) is 63.4 Å². The normalized spacial score (nSPS) is 18.0. The molecular weight excluding hydrogens is 343 g/mol. The standard InChI is InChI=1S/C14H16BrFN2O3/c15-7-1-3-11-4-2-8-17(11)14(19)12-9-10(16)5-6-13(12)18(20)21/h5-6,9,11H,1-4,7-8H2. The number of hydrogen-bond donors (Lipinski definition) is 0. The van der Waals surface area contributed by atoms with Gasteiger partial charge in [0.1, 0.15) is 11.4 Å². The molecule has 114 valence electrons. The van der Waals surface area contributed by atoms with Gasteiger partial charge in [0.05, 0.1) is 4.92 Å². The molecule has 21 heavy (non-hydrogen) atoms. The predicted octanol–water partition coefficient (Wildman–Crippen LogP) is 3.51. The SMILES string of the molecule is O=C(c1cc(F)ccc1[N+](=O)[O-])N1CCCC1CCCBr. The zero-order chi connectivity index (χ0) is 15.4. The first-order valence-electron chi connectivity index (χ1n) is 6.85. The quantitative estimate of drug-likeness (QED) is 0.459. The van der Waals surface area contributed by atoms with Crippen molar-refractivity contribution in [2.45, 2.75) is 31.7 Å². The maximum Gasteiger partial charge on any atom is 0.282 e. The minimum absolute atomic E-state index is 0.0814. The smallest absolute Gasteiger partial charge is 0.282 e. The van der Waals surface area contributed by atoms with Crippen LogP contribution in [0.4, 0.5) is 10.1 Å². The van der Waals surface area contributed by atoms with Crippen molar-refractivity contribution in [2.24, 2.45) is 0 Å². The second-order valence-corrected chi connectivity index (χ2v) is 5.84. The van der Waals surface area contributed by atoms with Gasteiger partial charge in [-0.3, -0.25) is 14.9 Å². The number of rotatable bonds is 5. The first-order valence-corrected chi connectivity index (χ1v) is 7.97. The van der Waals surface area contributed by atoms with Crippen molar-refractivity contribution in [1.29, 1.82) is 0 Å². The fourth-order valence-corrected chi connectivity index (χ4v) is 3.03. The number of nitrogens with zero attached hydrogens (tertiary/aromatic N) is 2. The van der Waals surface area contributed by atoms with Crippen LogP contribution in [0.2, 0.25) is 0 Å². The van der Waals surface area contributed by atoms with Gasteiger partial charge in [0.2, 0.25) is 0 Å². The van der Waals surface area contributed by atoms with Crippen molar-refractivity contribution in [2.75, 3.05) is 11.9 Å². The van der Waals surface area contributed by atoms with E-state index >= 15 is 0 Å². The minimum Gasteiger partial charge on any atom is -0.335 e. The number of alkyl halides is 1. The molecule has 0 saturated carbocycles. The predicted molar refractivity (Wildman–Crippen MR) is 80.1 cm³/mol. The van der Waals surface area contributed by atoms with E-state index in [0.29, 0.717) is 6.54 Å². The molecule has 1 saturated heterocycles. The second-order valence-electron chi connectivity index (χ2n) is 5.04. The number of benzene rings is 1. The molecule has 2 rings (SSSR count). The number of carbonyl (C=O) groups excluding carboxylic acids is 1. The number of nitro benzene ring substituents is 1. The third-order valence-corrected chi connectivity index (χ3v) is 4.26. The summed E-state index contributed by atoms with van der Waals surface area (Å²) >= 11 is 3.36. The number of hydrogen-bond acceptors (Lipinski definition) is 3. The van der Waals surface area contributed by atoms with Crippen molar-refractivity contribution in [3.8, 4) is 0 Å². The van der Waals surface area contributed by atoms with E-state index in [9.17, 15) is 19.3 Å². The fourth-order valence-electron chi connectivity index (χ4n) is 2.71. The van der Waals surface area contributed by atoms with Crippen molar-refractivity contribution in [3.05, 3.63) is 39.7 Å². The molecule has 0 aliphatic carbocycles. The van der Waals surface area contributed by atoms with Gasteiger partial charge in [-0.15, -0.1) is 0 Å². The van der Waals surface area contributed by atoms with Crippen molar-refractivity contribution >= 4 is 27.5 Å². The molecule has 1 aliphatic heterocycles. The molecule has 0 radical (unpaired) electrons. The lowest BCUT2D eigenvalue weighted by molar-refractivity contribution is -0.385. The average Bonchev–Trinajstić information content (AvgIpc) is 2.92. The van der Waals surface area contributed by atoms with Crippen molar-refractivity contribution in [3.63, 3.8) is 0 Å². The Morgan fingerprint density at radius 1 is 1.52 bits per heavy atom. The highest BCUT2D eigenvalue weighted by Gasteiger charge is 2.32. The van der Waals surface area contributed by atoms with Crippen LogP contribution in [0.15, 0.2) is 18.2 Å². The summed E-state index contributed by atoms with van der Waals surface area (Å²) in [6, 6.07) is 3.09. The fraction of sp³-hybridized carbons (Fsp3) is 0.500. The number of halogens is 2. The Balaban J connectivity index is 2.26. The molecule has 0 N–H and O–H groups in total. The van der Waals surface area contributed by atoms with Crippen LogP contribution < -0.4 is 0 Å². The molecule has 1 unspecified atom stereocenters. The van der Waals surface area contributed by atoms with Crippen LogP contribution in [0.3, 0.4) is 0 Å². The third-order valence-electron chi connectivity index (χ3n) is 3.69. The summed E-state index contributed by atoms with van der Waals surface area (Å²) in [5, 5.41) is 11.9. The zero-order valence-corrected chi connectivity index (χ0v) is 13.0. The molecule has 5 nitrogen and oxygen atoms in total. The van der Waals surface area contributed by atoms with E-state index in [2.05, 4.69) is 15.9 Å². The molecule has 1 atom stereocenters. The number of amides is 1. The lowest BCUT2D eigenvalue weighted by Gasteiger charge is -2.24. The summed E-state index contributed by atoms with van der Waals surface area (Å²) in [7, 11) is 0. The summed E-state index contributed by atoms with van der Waals surface area (Å²) in [5.41, 5.74) is -0.502. The Hall–Kier alpha value is -1.50. The Morgan fingerprint density at radius 2 is 2.29 bits per heavy atom. The third kappa shape index (κ3) is 3.58. The molecule has 0 aromatic heterocycles. The maximum atomic E-state index is 13.4. The molecule has 1 aliphatic rings. The summed E-state index contributed by atoms with van der Waals surface area (Å²) in [6.07, 6.45) is 3.55. The monoisotopic (exact) mass is 358 g/mol. The Labute approximate surface area is 130 Å². The van der Waals surface area contributed by atoms with Gasteiger partial charge in [0.25, 0.3) is 11.6 Å². The number of carbonyl (C=O) groups is 1. The molecular formula is C14H16BrFN2O3. The van der Waals surface area contributed by atoms with Gasteiger partial charge in [-0.1, -0.05) is 15.9 Å². The molecule has 0 bridgehead atoms. The molecule has 1 aromatic carbocycles. The van der Waals surface area contributed by atoms with Gasteiger partial charge >= 0.3 is 0 Å². The van der Waals surface area contributed by atoms with Crippen molar-refractivity contribution in [1.82, 2.24) is 4.90 Å². The van der Waals surface area contributed by atoms with Gasteiger partial charge < -0.3 is 4.90 Å². The van der Waals surface area contributed by atoms with E-state index in [0.717, 1.165) is 49.2 Å². The zero-order valence-electron chi connectivity index (χ0n) is 11.4. The average molecular weight is 359 g/mol. The van der Waals surface area contributed by atoms with Crippen LogP contribution in [0.25, 0.3) is 0 Å². The highest BCUT2D eigenvalue weighted by atomic mass is 79.9. The summed E-state index contributed by atoms with van der Waals surface area (Å²) in [6.45, 7) is 0.569. The molecule has 7 heteroatoms. The van der Waals surface area contributed by atoms with E-state index in [-0.39, 0.29) is 17.3 Å². The van der Waals surface area contributed by atoms with E-state index < -0.39 is 16.6 Å². The van der Waals surface area contributed by atoms with E-state index in [1.165, 1.54) is 0 Å². The second kappa shape index (κ2) is 6.98. The summed E-state index contributed by atoms with van der Waals surface area (Å²) < 4.78 is 13.4. The van der Waals surface area contributed by atoms with Crippen LogP contribution in [0, 0.1) is 15.9 Å².